The molecule has 0 saturated carbocycles. The molecule has 134 valence electrons. The van der Waals surface area contributed by atoms with Crippen LogP contribution in [0.3, 0.4) is 0 Å². The van der Waals surface area contributed by atoms with Crippen LogP contribution in [0.25, 0.3) is 0 Å². The fraction of sp³-hybridized carbons (Fsp3) is 0.944. The summed E-state index contributed by atoms with van der Waals surface area (Å²) in [6.45, 7) is 12.1. The van der Waals surface area contributed by atoms with Crippen molar-refractivity contribution in [3.05, 3.63) is 0 Å². The van der Waals surface area contributed by atoms with Crippen molar-refractivity contribution in [3.8, 4) is 0 Å². The van der Waals surface area contributed by atoms with Gasteiger partial charge in [-0.1, -0.05) is 6.92 Å². The summed E-state index contributed by atoms with van der Waals surface area (Å²) in [6.07, 6.45) is 5.05. The molecule has 2 saturated heterocycles. The first-order valence-corrected chi connectivity index (χ1v) is 9.16. The van der Waals surface area contributed by atoms with Gasteiger partial charge in [-0.25, -0.2) is 4.79 Å². The minimum absolute atomic E-state index is 0.233. The number of piperidine rings is 1. The predicted molar refractivity (Wildman–Crippen MR) is 93.6 cm³/mol. The lowest BCUT2D eigenvalue weighted by Gasteiger charge is -2.36. The summed E-state index contributed by atoms with van der Waals surface area (Å²) in [7, 11) is 1.82. The topological polar surface area (TPSA) is 44.8 Å². The second kappa shape index (κ2) is 7.84. The van der Waals surface area contributed by atoms with E-state index in [-0.39, 0.29) is 6.09 Å². The Morgan fingerprint density at radius 3 is 2.78 bits per heavy atom. The molecule has 0 aliphatic carbocycles. The molecule has 2 aliphatic heterocycles. The van der Waals surface area contributed by atoms with Crippen molar-refractivity contribution in [2.24, 2.45) is 5.92 Å². The number of ether oxygens (including phenoxy) is 1. The molecule has 5 nitrogen and oxygen atoms in total. The van der Waals surface area contributed by atoms with Crippen LogP contribution in [0.4, 0.5) is 4.79 Å². The quantitative estimate of drug-likeness (QED) is 0.844. The van der Waals surface area contributed by atoms with E-state index in [2.05, 4.69) is 17.1 Å². The minimum atomic E-state index is -0.428. The van der Waals surface area contributed by atoms with E-state index in [0.29, 0.717) is 12.0 Å². The molecule has 0 aromatic carbocycles. The Balaban J connectivity index is 1.66. The van der Waals surface area contributed by atoms with Crippen molar-refractivity contribution in [1.82, 2.24) is 15.1 Å². The van der Waals surface area contributed by atoms with Crippen LogP contribution in [-0.2, 0) is 4.74 Å². The van der Waals surface area contributed by atoms with E-state index in [4.69, 9.17) is 4.74 Å². The predicted octanol–water partition coefficient (Wildman–Crippen LogP) is 2.71. The number of carbonyl (C=O) groups excluding carboxylic acids is 1. The Labute approximate surface area is 141 Å². The zero-order chi connectivity index (χ0) is 17.0. The molecule has 0 spiro atoms. The van der Waals surface area contributed by atoms with Crippen LogP contribution in [0, 0.1) is 5.92 Å². The summed E-state index contributed by atoms with van der Waals surface area (Å²) in [5.41, 5.74) is -0.428. The van der Waals surface area contributed by atoms with Gasteiger partial charge in [0.1, 0.15) is 5.60 Å². The molecule has 23 heavy (non-hydrogen) atoms. The first-order valence-electron chi connectivity index (χ1n) is 9.16. The lowest BCUT2D eigenvalue weighted by molar-refractivity contribution is 0.0275. The van der Waals surface area contributed by atoms with Gasteiger partial charge in [0.25, 0.3) is 0 Å². The van der Waals surface area contributed by atoms with Crippen LogP contribution < -0.4 is 5.32 Å². The molecule has 1 N–H and O–H groups in total. The highest BCUT2D eigenvalue weighted by atomic mass is 16.6. The Morgan fingerprint density at radius 2 is 2.09 bits per heavy atom. The maximum absolute atomic E-state index is 12.0. The van der Waals surface area contributed by atoms with Gasteiger partial charge in [0.05, 0.1) is 0 Å². The smallest absolute Gasteiger partial charge is 0.410 e. The summed E-state index contributed by atoms with van der Waals surface area (Å²) in [6, 6.07) is 1.45. The lowest BCUT2D eigenvalue weighted by Crippen LogP contribution is -2.47. The second-order valence-corrected chi connectivity index (χ2v) is 8.43. The molecule has 0 aromatic heterocycles. The van der Waals surface area contributed by atoms with Gasteiger partial charge in [0, 0.05) is 25.7 Å². The van der Waals surface area contributed by atoms with Crippen LogP contribution in [0.15, 0.2) is 0 Å². The summed E-state index contributed by atoms with van der Waals surface area (Å²) >= 11 is 0. The van der Waals surface area contributed by atoms with Crippen molar-refractivity contribution in [1.29, 1.82) is 0 Å². The first-order chi connectivity index (χ1) is 10.7. The van der Waals surface area contributed by atoms with Crippen molar-refractivity contribution in [2.75, 3.05) is 33.2 Å². The zero-order valence-corrected chi connectivity index (χ0v) is 15.6. The molecular formula is C18H35N3O2. The number of hydrogen-bond acceptors (Lipinski definition) is 4. The monoisotopic (exact) mass is 325 g/mol. The number of hydrogen-bond donors (Lipinski definition) is 1. The highest BCUT2D eigenvalue weighted by Gasteiger charge is 2.31. The Hall–Kier alpha value is -0.810. The molecular weight excluding hydrogens is 290 g/mol. The number of amides is 1. The zero-order valence-electron chi connectivity index (χ0n) is 15.6. The fourth-order valence-corrected chi connectivity index (χ4v) is 3.72. The molecule has 2 fully saturated rings. The van der Waals surface area contributed by atoms with Gasteiger partial charge in [0.15, 0.2) is 0 Å². The Morgan fingerprint density at radius 1 is 1.35 bits per heavy atom. The molecule has 1 amide bonds. The molecule has 2 rings (SSSR count). The molecule has 3 atom stereocenters. The molecule has 0 aromatic rings. The summed E-state index contributed by atoms with van der Waals surface area (Å²) < 4.78 is 5.40. The van der Waals surface area contributed by atoms with Crippen LogP contribution in [0.1, 0.15) is 53.4 Å². The first kappa shape index (κ1) is 18.5. The third-order valence-electron chi connectivity index (χ3n) is 4.87. The van der Waals surface area contributed by atoms with Gasteiger partial charge in [0.2, 0.25) is 0 Å². The van der Waals surface area contributed by atoms with Crippen molar-refractivity contribution in [3.63, 3.8) is 0 Å². The normalized spacial score (nSPS) is 26.7. The van der Waals surface area contributed by atoms with Crippen molar-refractivity contribution < 1.29 is 9.53 Å². The number of carbonyl (C=O) groups is 1. The molecule has 3 unspecified atom stereocenters. The van der Waals surface area contributed by atoms with E-state index >= 15 is 0 Å². The van der Waals surface area contributed by atoms with Gasteiger partial charge < -0.3 is 19.9 Å². The maximum Gasteiger partial charge on any atom is 0.410 e. The average molecular weight is 325 g/mol. The number of nitrogens with one attached hydrogen (secondary N) is 1. The standard InChI is InChI=1S/C18H35N3O2/c1-14(13-20(5)17(22)23-18(2,3)4)12-19-15-8-10-21-9-6-7-16(21)11-15/h14-16,19H,6-13H2,1-5H3. The Kier molecular flexibility index (Phi) is 6.32. The van der Waals surface area contributed by atoms with Crippen molar-refractivity contribution in [2.45, 2.75) is 71.1 Å². The minimum Gasteiger partial charge on any atom is -0.444 e. The lowest BCUT2D eigenvalue weighted by atomic mass is 9.97. The molecule has 0 radical (unpaired) electrons. The van der Waals surface area contributed by atoms with Gasteiger partial charge in [-0.3, -0.25) is 0 Å². The highest BCUT2D eigenvalue weighted by Crippen LogP contribution is 2.26. The Bertz CT molecular complexity index is 394. The van der Waals surface area contributed by atoms with E-state index in [0.717, 1.165) is 19.1 Å². The molecule has 0 bridgehead atoms. The molecule has 2 aliphatic rings. The number of rotatable bonds is 5. The number of fused-ring (bicyclic) bond motifs is 1. The van der Waals surface area contributed by atoms with Crippen LogP contribution in [0.5, 0.6) is 0 Å². The molecule has 2 heterocycles. The largest absolute Gasteiger partial charge is 0.444 e. The summed E-state index contributed by atoms with van der Waals surface area (Å²) in [5, 5.41) is 3.72. The van der Waals surface area contributed by atoms with Gasteiger partial charge in [-0.2, -0.15) is 0 Å². The van der Waals surface area contributed by atoms with Crippen molar-refractivity contribution >= 4 is 6.09 Å². The maximum atomic E-state index is 12.0. The van der Waals surface area contributed by atoms with Gasteiger partial charge in [-0.15, -0.1) is 0 Å². The molecule has 5 heteroatoms. The van der Waals surface area contributed by atoms with Crippen LogP contribution in [-0.4, -0.2) is 66.8 Å². The summed E-state index contributed by atoms with van der Waals surface area (Å²) in [5.74, 6) is 0.425. The highest BCUT2D eigenvalue weighted by molar-refractivity contribution is 5.67. The third kappa shape index (κ3) is 5.96. The van der Waals surface area contributed by atoms with Gasteiger partial charge in [-0.05, 0) is 72.0 Å². The third-order valence-corrected chi connectivity index (χ3v) is 4.87. The number of nitrogens with zero attached hydrogens (tertiary/aromatic N) is 2. The van der Waals surface area contributed by atoms with Gasteiger partial charge >= 0.3 is 6.09 Å². The SMILES string of the molecule is CC(CNC1CCN2CCCC2C1)CN(C)C(=O)OC(C)(C)C. The van der Waals surface area contributed by atoms with E-state index in [9.17, 15) is 4.79 Å². The van der Waals surface area contributed by atoms with Crippen LogP contribution in [0.2, 0.25) is 0 Å². The van der Waals surface area contributed by atoms with E-state index < -0.39 is 5.60 Å². The van der Waals surface area contributed by atoms with Crippen LogP contribution >= 0.6 is 0 Å². The van der Waals surface area contributed by atoms with E-state index in [1.165, 1.54) is 38.8 Å². The summed E-state index contributed by atoms with van der Waals surface area (Å²) in [4.78, 5) is 16.3. The fourth-order valence-electron chi connectivity index (χ4n) is 3.72. The van der Waals surface area contributed by atoms with E-state index in [1.807, 2.05) is 27.8 Å². The van der Waals surface area contributed by atoms with E-state index in [1.54, 1.807) is 4.90 Å². The average Bonchev–Trinajstić information content (AvgIpc) is 2.90. The second-order valence-electron chi connectivity index (χ2n) is 8.43.